The molecule has 1 aromatic heterocycles. The lowest BCUT2D eigenvalue weighted by Gasteiger charge is -2.32. The Labute approximate surface area is 125 Å². The third kappa shape index (κ3) is 3.36. The molecule has 0 bridgehead atoms. The molecule has 1 atom stereocenters. The zero-order valence-corrected chi connectivity index (χ0v) is 12.0. The highest BCUT2D eigenvalue weighted by atomic mass is 19.4. The summed E-state index contributed by atoms with van der Waals surface area (Å²) in [7, 11) is 0. The molecule has 0 saturated carbocycles. The van der Waals surface area contributed by atoms with Crippen LogP contribution in [-0.4, -0.2) is 21.4 Å². The minimum absolute atomic E-state index is 0.265. The molecular formula is C15H15F3N2O2. The number of alkyl halides is 3. The van der Waals surface area contributed by atoms with E-state index in [0.717, 1.165) is 12.1 Å². The fraction of sp³-hybridized carbons (Fsp3) is 0.333. The normalized spacial score (nSPS) is 14.7. The number of rotatable bonds is 4. The second kappa shape index (κ2) is 5.92. The monoisotopic (exact) mass is 312 g/mol. The van der Waals surface area contributed by atoms with Crippen LogP contribution in [0.5, 0.6) is 5.75 Å². The summed E-state index contributed by atoms with van der Waals surface area (Å²) in [5.74, 6) is -0.611. The number of hydrogen-bond acceptors (Lipinski definition) is 4. The first kappa shape index (κ1) is 16.2. The smallest absolute Gasteiger partial charge is 0.406 e. The van der Waals surface area contributed by atoms with Crippen molar-refractivity contribution in [2.45, 2.75) is 25.8 Å². The topological polar surface area (TPSA) is 55.2 Å². The SMILES string of the molecule is CC(C)C(O)(c1ccc(OC(F)(F)F)cc1)c1cnccn1. The molecule has 1 N–H and O–H groups in total. The second-order valence-corrected chi connectivity index (χ2v) is 5.08. The maximum Gasteiger partial charge on any atom is 0.573 e. The lowest BCUT2D eigenvalue weighted by atomic mass is 9.81. The van der Waals surface area contributed by atoms with Crippen LogP contribution in [0, 0.1) is 5.92 Å². The van der Waals surface area contributed by atoms with Gasteiger partial charge in [-0.2, -0.15) is 0 Å². The van der Waals surface area contributed by atoms with Gasteiger partial charge in [-0.1, -0.05) is 26.0 Å². The van der Waals surface area contributed by atoms with Crippen molar-refractivity contribution in [3.63, 3.8) is 0 Å². The minimum atomic E-state index is -4.75. The van der Waals surface area contributed by atoms with Gasteiger partial charge in [0.15, 0.2) is 0 Å². The first-order valence-electron chi connectivity index (χ1n) is 6.58. The van der Waals surface area contributed by atoms with E-state index < -0.39 is 12.0 Å². The Morgan fingerprint density at radius 1 is 1.09 bits per heavy atom. The number of aromatic nitrogens is 2. The molecule has 2 rings (SSSR count). The van der Waals surface area contributed by atoms with Crippen LogP contribution in [0.25, 0.3) is 0 Å². The average molecular weight is 312 g/mol. The van der Waals surface area contributed by atoms with Gasteiger partial charge in [0.2, 0.25) is 0 Å². The van der Waals surface area contributed by atoms with Crippen LogP contribution in [-0.2, 0) is 5.60 Å². The summed E-state index contributed by atoms with van der Waals surface area (Å²) in [6.07, 6.45) is -0.394. The second-order valence-electron chi connectivity index (χ2n) is 5.08. The molecular weight excluding hydrogens is 297 g/mol. The maximum atomic E-state index is 12.2. The van der Waals surface area contributed by atoms with Crippen LogP contribution >= 0.6 is 0 Å². The van der Waals surface area contributed by atoms with Gasteiger partial charge in [-0.3, -0.25) is 9.97 Å². The number of benzene rings is 1. The summed E-state index contributed by atoms with van der Waals surface area (Å²) >= 11 is 0. The van der Waals surface area contributed by atoms with Gasteiger partial charge in [0, 0.05) is 12.4 Å². The molecule has 22 heavy (non-hydrogen) atoms. The lowest BCUT2D eigenvalue weighted by Crippen LogP contribution is -2.34. The third-order valence-corrected chi connectivity index (χ3v) is 3.32. The van der Waals surface area contributed by atoms with Gasteiger partial charge < -0.3 is 9.84 Å². The summed E-state index contributed by atoms with van der Waals surface area (Å²) in [5.41, 5.74) is -0.711. The van der Waals surface area contributed by atoms with E-state index >= 15 is 0 Å². The van der Waals surface area contributed by atoms with Crippen molar-refractivity contribution in [3.8, 4) is 5.75 Å². The Morgan fingerprint density at radius 2 is 1.73 bits per heavy atom. The molecule has 0 spiro atoms. The van der Waals surface area contributed by atoms with E-state index in [4.69, 9.17) is 0 Å². The van der Waals surface area contributed by atoms with Gasteiger partial charge in [-0.15, -0.1) is 13.2 Å². The van der Waals surface area contributed by atoms with Gasteiger partial charge >= 0.3 is 6.36 Å². The highest BCUT2D eigenvalue weighted by molar-refractivity contribution is 5.36. The van der Waals surface area contributed by atoms with Crippen LogP contribution < -0.4 is 4.74 Å². The van der Waals surface area contributed by atoms with E-state index in [0.29, 0.717) is 11.3 Å². The number of halogens is 3. The molecule has 2 aromatic rings. The van der Waals surface area contributed by atoms with E-state index in [1.54, 1.807) is 13.8 Å². The van der Waals surface area contributed by atoms with Gasteiger partial charge in [0.05, 0.1) is 11.9 Å². The molecule has 1 aromatic carbocycles. The van der Waals surface area contributed by atoms with Gasteiger partial charge in [-0.05, 0) is 23.6 Å². The van der Waals surface area contributed by atoms with Crippen LogP contribution in [0.4, 0.5) is 13.2 Å². The fourth-order valence-electron chi connectivity index (χ4n) is 2.18. The van der Waals surface area contributed by atoms with Crippen molar-refractivity contribution < 1.29 is 23.0 Å². The van der Waals surface area contributed by atoms with Crippen molar-refractivity contribution >= 4 is 0 Å². The Morgan fingerprint density at radius 3 is 2.18 bits per heavy atom. The summed E-state index contributed by atoms with van der Waals surface area (Å²) in [6, 6.07) is 5.09. The molecule has 1 heterocycles. The average Bonchev–Trinajstić information content (AvgIpc) is 2.46. The lowest BCUT2D eigenvalue weighted by molar-refractivity contribution is -0.274. The molecule has 118 valence electrons. The molecule has 0 radical (unpaired) electrons. The molecule has 0 fully saturated rings. The van der Waals surface area contributed by atoms with Gasteiger partial charge in [-0.25, -0.2) is 0 Å². The van der Waals surface area contributed by atoms with E-state index in [9.17, 15) is 18.3 Å². The van der Waals surface area contributed by atoms with Crippen molar-refractivity contribution in [2.75, 3.05) is 0 Å². The molecule has 1 unspecified atom stereocenters. The maximum absolute atomic E-state index is 12.2. The van der Waals surface area contributed by atoms with Gasteiger partial charge in [0.25, 0.3) is 0 Å². The summed E-state index contributed by atoms with van der Waals surface area (Å²) in [4.78, 5) is 8.04. The van der Waals surface area contributed by atoms with Crippen molar-refractivity contribution in [3.05, 3.63) is 54.1 Å². The number of nitrogens with zero attached hydrogens (tertiary/aromatic N) is 2. The van der Waals surface area contributed by atoms with Crippen molar-refractivity contribution in [1.29, 1.82) is 0 Å². The van der Waals surface area contributed by atoms with E-state index in [-0.39, 0.29) is 11.7 Å². The zero-order valence-electron chi connectivity index (χ0n) is 12.0. The van der Waals surface area contributed by atoms with Crippen molar-refractivity contribution in [2.24, 2.45) is 5.92 Å². The number of aliphatic hydroxyl groups is 1. The first-order valence-corrected chi connectivity index (χ1v) is 6.58. The van der Waals surface area contributed by atoms with E-state index in [1.807, 2.05) is 0 Å². The highest BCUT2D eigenvalue weighted by Crippen LogP contribution is 2.36. The van der Waals surface area contributed by atoms with Crippen molar-refractivity contribution in [1.82, 2.24) is 9.97 Å². The number of ether oxygens (including phenoxy) is 1. The van der Waals surface area contributed by atoms with E-state index in [1.165, 1.54) is 30.7 Å². The minimum Gasteiger partial charge on any atom is -0.406 e. The standard InChI is InChI=1S/C15H15F3N2O2/c1-10(2)14(21,13-9-19-7-8-20-13)11-3-5-12(6-4-11)22-15(16,17)18/h3-10,21H,1-2H3. The Bertz CT molecular complexity index is 615. The van der Waals surface area contributed by atoms with E-state index in [2.05, 4.69) is 14.7 Å². The molecule has 4 nitrogen and oxygen atoms in total. The predicted molar refractivity (Wildman–Crippen MR) is 73.0 cm³/mol. The number of hydrogen-bond donors (Lipinski definition) is 1. The van der Waals surface area contributed by atoms with Gasteiger partial charge in [0.1, 0.15) is 11.4 Å². The first-order chi connectivity index (χ1) is 10.2. The zero-order chi connectivity index (χ0) is 16.4. The molecule has 7 heteroatoms. The Balaban J connectivity index is 2.38. The predicted octanol–water partition coefficient (Wildman–Crippen LogP) is 3.27. The molecule has 0 amide bonds. The molecule has 0 saturated heterocycles. The molecule has 0 aliphatic heterocycles. The van der Waals surface area contributed by atoms with Crippen LogP contribution in [0.15, 0.2) is 42.9 Å². The highest BCUT2D eigenvalue weighted by Gasteiger charge is 2.37. The largest absolute Gasteiger partial charge is 0.573 e. The summed E-state index contributed by atoms with van der Waals surface area (Å²) in [5, 5.41) is 11.0. The third-order valence-electron chi connectivity index (χ3n) is 3.32. The summed E-state index contributed by atoms with van der Waals surface area (Å²) in [6.45, 7) is 3.57. The molecule has 0 aliphatic rings. The Hall–Kier alpha value is -2.15. The van der Waals surface area contributed by atoms with Crippen LogP contribution in [0.1, 0.15) is 25.1 Å². The fourth-order valence-corrected chi connectivity index (χ4v) is 2.18. The Kier molecular flexibility index (Phi) is 4.37. The van der Waals surface area contributed by atoms with Crippen LogP contribution in [0.3, 0.4) is 0 Å². The summed E-state index contributed by atoms with van der Waals surface area (Å²) < 4.78 is 40.4. The quantitative estimate of drug-likeness (QED) is 0.941. The van der Waals surface area contributed by atoms with Crippen LogP contribution in [0.2, 0.25) is 0 Å². The molecule has 0 aliphatic carbocycles.